The lowest BCUT2D eigenvalue weighted by Crippen LogP contribution is -2.44. The molecule has 1 aliphatic heterocycles. The van der Waals surface area contributed by atoms with Crippen molar-refractivity contribution in [3.63, 3.8) is 0 Å². The Morgan fingerprint density at radius 3 is 2.58 bits per heavy atom. The van der Waals surface area contributed by atoms with E-state index in [4.69, 9.17) is 4.74 Å². The van der Waals surface area contributed by atoms with E-state index in [1.54, 1.807) is 6.92 Å². The monoisotopic (exact) mass is 384 g/mol. The molecule has 1 aromatic carbocycles. The van der Waals surface area contributed by atoms with Crippen LogP contribution in [0.25, 0.3) is 0 Å². The molecule has 1 amide bonds. The number of nitrogens with zero attached hydrogens (tertiary/aromatic N) is 2. The summed E-state index contributed by atoms with van der Waals surface area (Å²) in [7, 11) is -1.68. The van der Waals surface area contributed by atoms with Crippen LogP contribution < -0.4 is 0 Å². The largest absolute Gasteiger partial charge is 0.449 e. The zero-order valence-electron chi connectivity index (χ0n) is 14.7. The molecular weight excluding hydrogens is 364 g/mol. The first-order valence-electron chi connectivity index (χ1n) is 7.95. The van der Waals surface area contributed by atoms with Crippen molar-refractivity contribution in [2.24, 2.45) is 0 Å². The Morgan fingerprint density at radius 1 is 1.38 bits per heavy atom. The molecule has 1 heterocycles. The Hall–Kier alpha value is -2.49. The predicted molar refractivity (Wildman–Crippen MR) is 92.5 cm³/mol. The molecule has 1 aromatic rings. The number of amides is 1. The molecule has 0 aliphatic carbocycles. The van der Waals surface area contributed by atoms with Gasteiger partial charge in [0.15, 0.2) is 15.9 Å². The van der Waals surface area contributed by atoms with Crippen molar-refractivity contribution >= 4 is 27.4 Å². The molecule has 1 aliphatic rings. The van der Waals surface area contributed by atoms with Gasteiger partial charge in [0.1, 0.15) is 0 Å². The summed E-state index contributed by atoms with van der Waals surface area (Å²) in [6, 6.07) is 3.46. The Morgan fingerprint density at radius 2 is 2.04 bits per heavy atom. The van der Waals surface area contributed by atoms with Gasteiger partial charge < -0.3 is 9.64 Å². The van der Waals surface area contributed by atoms with Gasteiger partial charge in [0, 0.05) is 24.7 Å². The number of nitro groups is 1. The van der Waals surface area contributed by atoms with E-state index >= 15 is 0 Å². The van der Waals surface area contributed by atoms with E-state index in [1.807, 2.05) is 0 Å². The SMILES string of the molecule is Cc1ccc(C(=O)O[C@H](C)C(=O)N(C)[C@@H]2CCS(=O)(=O)C2)cc1[N+](=O)[O-]. The number of carbonyl (C=O) groups is 2. The van der Waals surface area contributed by atoms with Crippen molar-refractivity contribution in [3.8, 4) is 0 Å². The van der Waals surface area contributed by atoms with Crippen LogP contribution >= 0.6 is 0 Å². The highest BCUT2D eigenvalue weighted by Gasteiger charge is 2.35. The van der Waals surface area contributed by atoms with Crippen molar-refractivity contribution in [2.75, 3.05) is 18.6 Å². The standard InChI is InChI=1S/C16H20N2O7S/c1-10-4-5-12(8-14(10)18(21)22)16(20)25-11(2)15(19)17(3)13-6-7-26(23,24)9-13/h4-5,8,11,13H,6-7,9H2,1-3H3/t11-,13-/m1/s1. The number of ether oxygens (including phenoxy) is 1. The van der Waals surface area contributed by atoms with E-state index in [0.29, 0.717) is 12.0 Å². The van der Waals surface area contributed by atoms with Gasteiger partial charge in [-0.05, 0) is 26.3 Å². The molecule has 0 N–H and O–H groups in total. The summed E-state index contributed by atoms with van der Waals surface area (Å²) < 4.78 is 28.2. The first-order chi connectivity index (χ1) is 12.0. The number of esters is 1. The number of hydrogen-bond acceptors (Lipinski definition) is 7. The molecule has 0 bridgehead atoms. The second-order valence-electron chi connectivity index (χ2n) is 6.31. The molecular formula is C16H20N2O7S. The molecule has 10 heteroatoms. The number of sulfone groups is 1. The van der Waals surface area contributed by atoms with Gasteiger partial charge in [-0.25, -0.2) is 13.2 Å². The lowest BCUT2D eigenvalue weighted by Gasteiger charge is -2.26. The van der Waals surface area contributed by atoms with Gasteiger partial charge in [-0.15, -0.1) is 0 Å². The van der Waals surface area contributed by atoms with Crippen molar-refractivity contribution in [3.05, 3.63) is 39.4 Å². The number of nitro benzene ring substituents is 1. The first-order valence-corrected chi connectivity index (χ1v) is 9.77. The average molecular weight is 384 g/mol. The Balaban J connectivity index is 2.05. The van der Waals surface area contributed by atoms with E-state index in [1.165, 1.54) is 31.0 Å². The van der Waals surface area contributed by atoms with Crippen molar-refractivity contribution in [1.29, 1.82) is 0 Å². The van der Waals surface area contributed by atoms with Gasteiger partial charge in [0.2, 0.25) is 0 Å². The number of hydrogen-bond donors (Lipinski definition) is 0. The summed E-state index contributed by atoms with van der Waals surface area (Å²) in [6.07, 6.45) is -0.800. The van der Waals surface area contributed by atoms with E-state index in [2.05, 4.69) is 0 Å². The number of benzene rings is 1. The molecule has 1 saturated heterocycles. The topological polar surface area (TPSA) is 124 Å². The minimum Gasteiger partial charge on any atom is -0.449 e. The maximum atomic E-state index is 12.4. The van der Waals surface area contributed by atoms with Crippen LogP contribution in [0.4, 0.5) is 5.69 Å². The zero-order chi connectivity index (χ0) is 19.6. The van der Waals surface area contributed by atoms with Gasteiger partial charge in [0.05, 0.1) is 22.0 Å². The van der Waals surface area contributed by atoms with Gasteiger partial charge in [-0.2, -0.15) is 0 Å². The molecule has 2 rings (SSSR count). The second-order valence-corrected chi connectivity index (χ2v) is 8.54. The summed E-state index contributed by atoms with van der Waals surface area (Å²) in [4.78, 5) is 36.2. The van der Waals surface area contributed by atoms with E-state index in [0.717, 1.165) is 6.07 Å². The zero-order valence-corrected chi connectivity index (χ0v) is 15.5. The molecule has 9 nitrogen and oxygen atoms in total. The predicted octanol–water partition coefficient (Wildman–Crippen LogP) is 1.09. The minimum absolute atomic E-state index is 0.0243. The quantitative estimate of drug-likeness (QED) is 0.423. The molecule has 0 radical (unpaired) electrons. The Labute approximate surface area is 151 Å². The van der Waals surface area contributed by atoms with Gasteiger partial charge >= 0.3 is 5.97 Å². The number of rotatable bonds is 5. The van der Waals surface area contributed by atoms with Crippen LogP contribution in [0, 0.1) is 17.0 Å². The molecule has 1 fully saturated rings. The van der Waals surface area contributed by atoms with Gasteiger partial charge in [0.25, 0.3) is 11.6 Å². The third kappa shape index (κ3) is 4.37. The maximum Gasteiger partial charge on any atom is 0.339 e. The molecule has 142 valence electrons. The van der Waals surface area contributed by atoms with Crippen LogP contribution in [-0.4, -0.2) is 60.8 Å². The molecule has 0 saturated carbocycles. The highest BCUT2D eigenvalue weighted by molar-refractivity contribution is 7.91. The van der Waals surface area contributed by atoms with Crippen molar-refractivity contribution in [1.82, 2.24) is 4.90 Å². The maximum absolute atomic E-state index is 12.4. The fourth-order valence-electron chi connectivity index (χ4n) is 2.76. The third-order valence-electron chi connectivity index (χ3n) is 4.38. The van der Waals surface area contributed by atoms with Gasteiger partial charge in [-0.3, -0.25) is 14.9 Å². The summed E-state index contributed by atoms with van der Waals surface area (Å²) in [5.41, 5.74) is 0.151. The van der Waals surface area contributed by atoms with E-state index in [-0.39, 0.29) is 22.8 Å². The summed E-state index contributed by atoms with van der Waals surface area (Å²) in [6.45, 7) is 2.92. The molecule has 0 spiro atoms. The molecule has 26 heavy (non-hydrogen) atoms. The number of carbonyl (C=O) groups excluding carboxylic acids is 2. The van der Waals surface area contributed by atoms with Gasteiger partial charge in [-0.1, -0.05) is 6.07 Å². The van der Waals surface area contributed by atoms with Crippen LogP contribution in [0.3, 0.4) is 0 Å². The van der Waals surface area contributed by atoms with E-state index in [9.17, 15) is 28.1 Å². The third-order valence-corrected chi connectivity index (χ3v) is 6.13. The fourth-order valence-corrected chi connectivity index (χ4v) is 4.53. The minimum atomic E-state index is -3.15. The fraction of sp³-hybridized carbons (Fsp3) is 0.500. The average Bonchev–Trinajstić information content (AvgIpc) is 2.93. The number of aryl methyl sites for hydroxylation is 1. The second kappa shape index (κ2) is 7.40. The van der Waals surface area contributed by atoms with Crippen molar-refractivity contribution in [2.45, 2.75) is 32.4 Å². The highest BCUT2D eigenvalue weighted by atomic mass is 32.2. The van der Waals surface area contributed by atoms with Crippen LogP contribution in [0.2, 0.25) is 0 Å². The smallest absolute Gasteiger partial charge is 0.339 e. The van der Waals surface area contributed by atoms with Crippen LogP contribution in [0.15, 0.2) is 18.2 Å². The molecule has 0 unspecified atom stereocenters. The lowest BCUT2D eigenvalue weighted by molar-refractivity contribution is -0.385. The molecule has 2 atom stereocenters. The Bertz CT molecular complexity index is 850. The summed E-state index contributed by atoms with van der Waals surface area (Å²) in [5.74, 6) is -1.47. The van der Waals surface area contributed by atoms with Crippen molar-refractivity contribution < 1.29 is 27.7 Å². The van der Waals surface area contributed by atoms with Crippen LogP contribution in [0.5, 0.6) is 0 Å². The highest BCUT2D eigenvalue weighted by Crippen LogP contribution is 2.21. The summed E-state index contributed by atoms with van der Waals surface area (Å²) >= 11 is 0. The number of likely N-dealkylation sites (N-methyl/N-ethyl adjacent to an activating group) is 1. The van der Waals surface area contributed by atoms with E-state index < -0.39 is 38.8 Å². The lowest BCUT2D eigenvalue weighted by atomic mass is 10.1. The first kappa shape index (κ1) is 19.8. The Kier molecular flexibility index (Phi) is 5.65. The normalized spacial score (nSPS) is 19.6. The van der Waals surface area contributed by atoms with Crippen LogP contribution in [-0.2, 0) is 19.4 Å². The van der Waals surface area contributed by atoms with Crippen LogP contribution in [0.1, 0.15) is 29.3 Å². The molecule has 0 aromatic heterocycles. The summed E-state index contributed by atoms with van der Waals surface area (Å²) in [5, 5.41) is 11.0.